The van der Waals surface area contributed by atoms with Crippen molar-refractivity contribution in [2.24, 2.45) is 0 Å². The molecule has 0 amide bonds. The zero-order valence-electron chi connectivity index (χ0n) is 27.2. The maximum Gasteiger partial charge on any atom is 0.118 e. The van der Waals surface area contributed by atoms with Crippen molar-refractivity contribution in [2.45, 2.75) is 6.55 Å². The van der Waals surface area contributed by atoms with Gasteiger partial charge in [-0.1, -0.05) is 168 Å². The van der Waals surface area contributed by atoms with Gasteiger partial charge in [0.05, 0.1) is 27.8 Å². The van der Waals surface area contributed by atoms with E-state index in [0.717, 1.165) is 44.9 Å². The maximum absolute atomic E-state index is 7.85. The minimum Gasteiger partial charge on any atom is -0.308 e. The Balaban J connectivity index is 1.46. The summed E-state index contributed by atoms with van der Waals surface area (Å²) in [5, 5.41) is 7.99. The van der Waals surface area contributed by atoms with Gasteiger partial charge in [0.1, 0.15) is 8.80 Å². The molecule has 0 atom stereocenters. The van der Waals surface area contributed by atoms with E-state index >= 15 is 0 Å². The van der Waals surface area contributed by atoms with Crippen LogP contribution in [0.25, 0.3) is 21.5 Å². The molecule has 0 saturated carbocycles. The second-order valence-corrected chi connectivity index (χ2v) is 14.9. The van der Waals surface area contributed by atoms with E-state index in [-0.39, 0.29) is 0 Å². The van der Waals surface area contributed by atoms with E-state index in [2.05, 4.69) is 204 Å². The van der Waals surface area contributed by atoms with Gasteiger partial charge in [0.25, 0.3) is 0 Å². The summed E-state index contributed by atoms with van der Waals surface area (Å²) in [6.07, 6.45) is 0. The monoisotopic (exact) mass is 665 g/mol. The first-order valence-electron chi connectivity index (χ1n) is 16.6. The fourth-order valence-corrected chi connectivity index (χ4v) is 8.78. The average molecular weight is 666 g/mol. The van der Waals surface area contributed by atoms with Gasteiger partial charge >= 0.3 is 0 Å². The number of anilines is 6. The Kier molecular flexibility index (Phi) is 8.45. The van der Waals surface area contributed by atoms with E-state index in [1.807, 2.05) is 0 Å². The highest BCUT2D eigenvalue weighted by Crippen LogP contribution is 2.48. The standard InChI is InChI=1S/C45H34ClN2Si/c1-49(37-25-9-4-10-26-37)38-31-43(47(35-21-5-2-6-22-35)41-29-15-19-33-17-11-13-27-39(33)41)45(46)44(32-38)48(36-23-7-3-8-24-36)42-30-16-20-34-18-12-14-28-40(34)42/h2-32H,1H3. The number of para-hydroxylation sites is 2. The van der Waals surface area contributed by atoms with E-state index in [9.17, 15) is 0 Å². The lowest BCUT2D eigenvalue weighted by molar-refractivity contribution is 1.27. The minimum atomic E-state index is -1.19. The summed E-state index contributed by atoms with van der Waals surface area (Å²) in [6.45, 7) is 2.38. The molecular formula is C45H34ClN2Si. The highest BCUT2D eigenvalue weighted by Gasteiger charge is 2.27. The summed E-state index contributed by atoms with van der Waals surface area (Å²) >= 11 is 7.85. The van der Waals surface area contributed by atoms with Gasteiger partial charge in [0.2, 0.25) is 0 Å². The molecule has 0 bridgehead atoms. The predicted molar refractivity (Wildman–Crippen MR) is 213 cm³/mol. The molecule has 4 heteroatoms. The van der Waals surface area contributed by atoms with Crippen LogP contribution in [-0.2, 0) is 0 Å². The third kappa shape index (κ3) is 5.89. The molecule has 0 aliphatic heterocycles. The Morgan fingerprint density at radius 2 is 0.776 bits per heavy atom. The molecule has 0 aliphatic rings. The molecule has 8 aromatic rings. The van der Waals surface area contributed by atoms with Gasteiger partial charge in [-0.25, -0.2) is 0 Å². The summed E-state index contributed by atoms with van der Waals surface area (Å²) in [7, 11) is -1.19. The van der Waals surface area contributed by atoms with Crippen LogP contribution in [0.4, 0.5) is 34.1 Å². The first-order valence-corrected chi connectivity index (χ1v) is 18.9. The highest BCUT2D eigenvalue weighted by atomic mass is 35.5. The summed E-state index contributed by atoms with van der Waals surface area (Å²) < 4.78 is 0. The van der Waals surface area contributed by atoms with Gasteiger partial charge in [0, 0.05) is 22.1 Å². The summed E-state index contributed by atoms with van der Waals surface area (Å²) in [6, 6.07) is 66.9. The van der Waals surface area contributed by atoms with Crippen LogP contribution in [0.1, 0.15) is 0 Å². The van der Waals surface area contributed by atoms with Crippen molar-refractivity contribution >= 4 is 86.4 Å². The van der Waals surface area contributed by atoms with Gasteiger partial charge in [-0.05, 0) is 59.3 Å². The van der Waals surface area contributed by atoms with Crippen molar-refractivity contribution < 1.29 is 0 Å². The average Bonchev–Trinajstić information content (AvgIpc) is 3.17. The van der Waals surface area contributed by atoms with Crippen LogP contribution < -0.4 is 20.2 Å². The van der Waals surface area contributed by atoms with Crippen LogP contribution >= 0.6 is 11.6 Å². The number of benzene rings is 8. The molecule has 0 saturated heterocycles. The Labute approximate surface area is 294 Å². The molecule has 49 heavy (non-hydrogen) atoms. The Bertz CT molecular complexity index is 2220. The lowest BCUT2D eigenvalue weighted by Crippen LogP contribution is -2.39. The third-order valence-corrected chi connectivity index (χ3v) is 11.9. The van der Waals surface area contributed by atoms with Crippen molar-refractivity contribution in [1.82, 2.24) is 0 Å². The van der Waals surface area contributed by atoms with Crippen molar-refractivity contribution in [2.75, 3.05) is 9.80 Å². The van der Waals surface area contributed by atoms with Crippen LogP contribution in [0.3, 0.4) is 0 Å². The summed E-state index contributed by atoms with van der Waals surface area (Å²) in [5.41, 5.74) is 6.14. The lowest BCUT2D eigenvalue weighted by Gasteiger charge is -2.33. The molecule has 8 rings (SSSR count). The number of fused-ring (bicyclic) bond motifs is 2. The number of nitrogens with zero attached hydrogens (tertiary/aromatic N) is 2. The van der Waals surface area contributed by atoms with Crippen LogP contribution in [0.15, 0.2) is 188 Å². The van der Waals surface area contributed by atoms with Gasteiger partial charge < -0.3 is 9.80 Å². The summed E-state index contributed by atoms with van der Waals surface area (Å²) in [4.78, 5) is 4.67. The molecule has 1 radical (unpaired) electrons. The molecule has 0 aromatic heterocycles. The molecule has 0 aliphatic carbocycles. The van der Waals surface area contributed by atoms with Crippen LogP contribution in [0.5, 0.6) is 0 Å². The Morgan fingerprint density at radius 3 is 1.24 bits per heavy atom. The van der Waals surface area contributed by atoms with E-state index in [1.165, 1.54) is 21.1 Å². The molecular weight excluding hydrogens is 632 g/mol. The fourth-order valence-electron chi connectivity index (χ4n) is 6.77. The van der Waals surface area contributed by atoms with Crippen molar-refractivity contribution in [1.29, 1.82) is 0 Å². The number of halogens is 1. The smallest absolute Gasteiger partial charge is 0.118 e. The first-order chi connectivity index (χ1) is 24.2. The molecule has 0 heterocycles. The van der Waals surface area contributed by atoms with Crippen LogP contribution in [0, 0.1) is 0 Å². The molecule has 2 nitrogen and oxygen atoms in total. The third-order valence-electron chi connectivity index (χ3n) is 9.20. The lowest BCUT2D eigenvalue weighted by atomic mass is 10.0. The van der Waals surface area contributed by atoms with Gasteiger partial charge in [-0.2, -0.15) is 0 Å². The summed E-state index contributed by atoms with van der Waals surface area (Å²) in [5.74, 6) is 0. The van der Waals surface area contributed by atoms with E-state index in [4.69, 9.17) is 11.6 Å². The first kappa shape index (κ1) is 30.7. The highest BCUT2D eigenvalue weighted by molar-refractivity contribution is 6.84. The number of hydrogen-bond acceptors (Lipinski definition) is 2. The van der Waals surface area contributed by atoms with E-state index in [1.54, 1.807) is 0 Å². The molecule has 0 fully saturated rings. The number of rotatable bonds is 8. The number of hydrogen-bond donors (Lipinski definition) is 0. The minimum absolute atomic E-state index is 0.681. The fraction of sp³-hybridized carbons (Fsp3) is 0.0222. The van der Waals surface area contributed by atoms with Gasteiger partial charge in [-0.15, -0.1) is 0 Å². The largest absolute Gasteiger partial charge is 0.308 e. The Morgan fingerprint density at radius 1 is 0.388 bits per heavy atom. The molecule has 8 aromatic carbocycles. The normalized spacial score (nSPS) is 11.2. The van der Waals surface area contributed by atoms with Gasteiger partial charge in [0.15, 0.2) is 0 Å². The van der Waals surface area contributed by atoms with Crippen molar-refractivity contribution in [3.63, 3.8) is 0 Å². The second kappa shape index (κ2) is 13.5. The van der Waals surface area contributed by atoms with Crippen LogP contribution in [0.2, 0.25) is 11.6 Å². The maximum atomic E-state index is 7.85. The molecule has 0 spiro atoms. The topological polar surface area (TPSA) is 6.48 Å². The molecule has 0 unspecified atom stereocenters. The SMILES string of the molecule is C[Si](c1ccccc1)c1cc(N(c2ccccc2)c2cccc3ccccc23)c(Cl)c(N(c2ccccc2)c2cccc3ccccc23)c1. The zero-order valence-corrected chi connectivity index (χ0v) is 28.9. The zero-order chi connectivity index (χ0) is 33.2. The van der Waals surface area contributed by atoms with Crippen LogP contribution in [-0.4, -0.2) is 8.80 Å². The molecule has 0 N–H and O–H groups in total. The quantitative estimate of drug-likeness (QED) is 0.149. The van der Waals surface area contributed by atoms with Crippen molar-refractivity contribution in [3.8, 4) is 0 Å². The second-order valence-electron chi connectivity index (χ2n) is 12.2. The predicted octanol–water partition coefficient (Wildman–Crippen LogP) is 11.8. The van der Waals surface area contributed by atoms with E-state index < -0.39 is 8.80 Å². The van der Waals surface area contributed by atoms with Crippen molar-refractivity contribution in [3.05, 3.63) is 193 Å². The van der Waals surface area contributed by atoms with Gasteiger partial charge in [-0.3, -0.25) is 0 Å². The Hall–Kier alpha value is -5.61. The van der Waals surface area contributed by atoms with E-state index in [0.29, 0.717) is 5.02 Å². The molecule has 235 valence electrons.